The summed E-state index contributed by atoms with van der Waals surface area (Å²) in [6.07, 6.45) is 3.82. The Bertz CT molecular complexity index is 938. The average molecular weight is 467 g/mol. The van der Waals surface area contributed by atoms with Crippen LogP contribution < -0.4 is 0 Å². The molecule has 2 nitrogen and oxygen atoms in total. The zero-order valence-electron chi connectivity index (χ0n) is 24.0. The van der Waals surface area contributed by atoms with E-state index in [9.17, 15) is 10.2 Å². The van der Waals surface area contributed by atoms with E-state index < -0.39 is 0 Å². The lowest BCUT2D eigenvalue weighted by Crippen LogP contribution is -2.22. The quantitative estimate of drug-likeness (QED) is 0.386. The highest BCUT2D eigenvalue weighted by atomic mass is 16.3. The van der Waals surface area contributed by atoms with E-state index in [-0.39, 0.29) is 21.7 Å². The second kappa shape index (κ2) is 9.59. The summed E-state index contributed by atoms with van der Waals surface area (Å²) < 4.78 is 0. The van der Waals surface area contributed by atoms with Crippen LogP contribution in [0.4, 0.5) is 0 Å². The van der Waals surface area contributed by atoms with Gasteiger partial charge in [0.25, 0.3) is 0 Å². The maximum Gasteiger partial charge on any atom is 0.127 e. The van der Waals surface area contributed by atoms with E-state index in [1.54, 1.807) is 0 Å². The van der Waals surface area contributed by atoms with E-state index in [0.717, 1.165) is 47.9 Å². The minimum absolute atomic E-state index is 0.0392. The minimum atomic E-state index is -0.180. The molecule has 0 unspecified atom stereocenters. The van der Waals surface area contributed by atoms with Crippen molar-refractivity contribution in [2.45, 2.75) is 130 Å². The molecule has 2 aromatic rings. The van der Waals surface area contributed by atoms with Crippen LogP contribution in [0.1, 0.15) is 131 Å². The molecule has 0 heterocycles. The summed E-state index contributed by atoms with van der Waals surface area (Å²) in [7, 11) is 0. The van der Waals surface area contributed by atoms with Crippen LogP contribution in [-0.4, -0.2) is 10.2 Å². The smallest absolute Gasteiger partial charge is 0.127 e. The Morgan fingerprint density at radius 3 is 0.971 bits per heavy atom. The lowest BCUT2D eigenvalue weighted by Gasteiger charge is -2.33. The summed E-state index contributed by atoms with van der Waals surface area (Å²) in [6, 6.07) is 8.63. The van der Waals surface area contributed by atoms with Gasteiger partial charge in [-0.25, -0.2) is 0 Å². The highest BCUT2D eigenvalue weighted by Gasteiger charge is 2.32. The van der Waals surface area contributed by atoms with Crippen LogP contribution in [-0.2, 0) is 21.7 Å². The van der Waals surface area contributed by atoms with Crippen molar-refractivity contribution in [2.75, 3.05) is 0 Å². The largest absolute Gasteiger partial charge is 0.507 e. The molecule has 0 bridgehead atoms. The van der Waals surface area contributed by atoms with E-state index in [0.29, 0.717) is 11.5 Å². The van der Waals surface area contributed by atoms with E-state index in [1.165, 1.54) is 11.1 Å². The van der Waals surface area contributed by atoms with Gasteiger partial charge < -0.3 is 10.2 Å². The standard InChI is InChI=1S/C32H50O2/c1-13-29(5,6)21-17-23(27(33)25(19-21)31(9,10)15-3)24-18-22(30(7,8)14-2)20-26(28(24)34)32(11,12)16-4/h17-20,33-34H,13-16H2,1-12H3. The Hall–Kier alpha value is -1.96. The zero-order valence-corrected chi connectivity index (χ0v) is 24.0. The number of benzene rings is 2. The average Bonchev–Trinajstić information content (AvgIpc) is 2.78. The summed E-state index contributed by atoms with van der Waals surface area (Å²) >= 11 is 0. The van der Waals surface area contributed by atoms with Gasteiger partial charge >= 0.3 is 0 Å². The van der Waals surface area contributed by atoms with Crippen LogP contribution >= 0.6 is 0 Å². The van der Waals surface area contributed by atoms with Gasteiger partial charge in [0.15, 0.2) is 0 Å². The second-order valence-electron chi connectivity index (χ2n) is 12.8. The van der Waals surface area contributed by atoms with Crippen molar-refractivity contribution in [3.05, 3.63) is 46.5 Å². The van der Waals surface area contributed by atoms with Crippen LogP contribution in [0.25, 0.3) is 11.1 Å². The van der Waals surface area contributed by atoms with Gasteiger partial charge in [0, 0.05) is 22.3 Å². The van der Waals surface area contributed by atoms with Gasteiger partial charge in [-0.3, -0.25) is 0 Å². The van der Waals surface area contributed by atoms with Gasteiger partial charge in [0.05, 0.1) is 0 Å². The van der Waals surface area contributed by atoms with Crippen LogP contribution in [0.2, 0.25) is 0 Å². The molecule has 0 radical (unpaired) electrons. The zero-order chi connectivity index (χ0) is 26.3. The van der Waals surface area contributed by atoms with Crippen LogP contribution in [0.3, 0.4) is 0 Å². The topological polar surface area (TPSA) is 40.5 Å². The van der Waals surface area contributed by atoms with E-state index in [4.69, 9.17) is 0 Å². The van der Waals surface area contributed by atoms with Crippen molar-refractivity contribution >= 4 is 0 Å². The molecule has 0 fully saturated rings. The Balaban J connectivity index is 3.08. The third kappa shape index (κ3) is 5.16. The molecule has 2 heteroatoms. The molecule has 0 atom stereocenters. The maximum absolute atomic E-state index is 11.7. The monoisotopic (exact) mass is 466 g/mol. The van der Waals surface area contributed by atoms with Gasteiger partial charge in [0.1, 0.15) is 11.5 Å². The molecule has 2 N–H and O–H groups in total. The number of hydrogen-bond donors (Lipinski definition) is 2. The fourth-order valence-corrected chi connectivity index (χ4v) is 4.28. The summed E-state index contributed by atoms with van der Waals surface area (Å²) in [4.78, 5) is 0. The Morgan fingerprint density at radius 2 is 0.735 bits per heavy atom. The summed E-state index contributed by atoms with van der Waals surface area (Å²) in [5.74, 6) is 0.592. The summed E-state index contributed by atoms with van der Waals surface area (Å²) in [6.45, 7) is 26.5. The maximum atomic E-state index is 11.7. The van der Waals surface area contributed by atoms with E-state index in [2.05, 4.69) is 107 Å². The number of rotatable bonds is 9. The first-order chi connectivity index (χ1) is 15.5. The highest BCUT2D eigenvalue weighted by molar-refractivity contribution is 5.80. The van der Waals surface area contributed by atoms with Crippen LogP contribution in [0.5, 0.6) is 11.5 Å². The number of phenolic OH excluding ortho intramolecular Hbond substituents is 2. The number of aromatic hydroxyl groups is 2. The molecule has 0 saturated carbocycles. The molecule has 0 aliphatic carbocycles. The predicted molar refractivity (Wildman–Crippen MR) is 148 cm³/mol. The molecule has 0 aliphatic heterocycles. The molecular weight excluding hydrogens is 416 g/mol. The lowest BCUT2D eigenvalue weighted by molar-refractivity contribution is 0.419. The number of phenols is 2. The first-order valence-electron chi connectivity index (χ1n) is 13.2. The van der Waals surface area contributed by atoms with Crippen molar-refractivity contribution in [1.82, 2.24) is 0 Å². The van der Waals surface area contributed by atoms with Gasteiger partial charge in [0.2, 0.25) is 0 Å². The number of hydrogen-bond acceptors (Lipinski definition) is 2. The molecule has 0 aromatic heterocycles. The molecule has 34 heavy (non-hydrogen) atoms. The normalized spacial score (nSPS) is 13.4. The molecule has 0 amide bonds. The molecule has 0 spiro atoms. The van der Waals surface area contributed by atoms with E-state index in [1.807, 2.05) is 0 Å². The van der Waals surface area contributed by atoms with Gasteiger partial charge in [-0.15, -0.1) is 0 Å². The van der Waals surface area contributed by atoms with Crippen molar-refractivity contribution < 1.29 is 10.2 Å². The first-order valence-corrected chi connectivity index (χ1v) is 13.2. The molecule has 0 aliphatic rings. The van der Waals surface area contributed by atoms with Crippen molar-refractivity contribution in [3.8, 4) is 22.6 Å². The predicted octanol–water partition coefficient (Wildman–Crippen LogP) is 9.52. The Morgan fingerprint density at radius 1 is 0.471 bits per heavy atom. The minimum Gasteiger partial charge on any atom is -0.507 e. The molecule has 190 valence electrons. The van der Waals surface area contributed by atoms with Gasteiger partial charge in [-0.2, -0.15) is 0 Å². The van der Waals surface area contributed by atoms with Crippen molar-refractivity contribution in [2.24, 2.45) is 0 Å². The molecule has 2 rings (SSSR count). The summed E-state index contributed by atoms with van der Waals surface area (Å²) in [5, 5.41) is 23.4. The molecule has 0 saturated heterocycles. The Kier molecular flexibility index (Phi) is 7.98. The fourth-order valence-electron chi connectivity index (χ4n) is 4.28. The van der Waals surface area contributed by atoms with E-state index >= 15 is 0 Å². The highest BCUT2D eigenvalue weighted by Crippen LogP contribution is 2.49. The van der Waals surface area contributed by atoms with Crippen LogP contribution in [0.15, 0.2) is 24.3 Å². The Labute approximate surface area is 209 Å². The van der Waals surface area contributed by atoms with Gasteiger partial charge in [-0.05, 0) is 70.6 Å². The third-order valence-corrected chi connectivity index (χ3v) is 9.07. The van der Waals surface area contributed by atoms with Gasteiger partial charge in [-0.1, -0.05) is 95.2 Å². The van der Waals surface area contributed by atoms with Crippen molar-refractivity contribution in [3.63, 3.8) is 0 Å². The van der Waals surface area contributed by atoms with Crippen molar-refractivity contribution in [1.29, 1.82) is 0 Å². The first kappa shape index (κ1) is 28.3. The summed E-state index contributed by atoms with van der Waals surface area (Å²) in [5.41, 5.74) is 5.38. The lowest BCUT2D eigenvalue weighted by atomic mass is 9.72. The molecular formula is C32H50O2. The second-order valence-corrected chi connectivity index (χ2v) is 12.8. The fraction of sp³-hybridized carbons (Fsp3) is 0.625. The third-order valence-electron chi connectivity index (χ3n) is 9.07. The molecule has 2 aromatic carbocycles. The van der Waals surface area contributed by atoms with Crippen LogP contribution in [0, 0.1) is 0 Å². The SMILES string of the molecule is CCC(C)(C)c1cc(-c2cc(C(C)(C)CC)cc(C(C)(C)CC)c2O)c(O)c(C(C)(C)CC)c1.